The van der Waals surface area contributed by atoms with E-state index in [0.717, 1.165) is 19.1 Å². The van der Waals surface area contributed by atoms with Gasteiger partial charge in [0.1, 0.15) is 0 Å². The third-order valence-electron chi connectivity index (χ3n) is 1.69. The van der Waals surface area contributed by atoms with Gasteiger partial charge in [0, 0.05) is 18.5 Å². The second-order valence-electron chi connectivity index (χ2n) is 3.15. The Morgan fingerprint density at radius 2 is 2.20 bits per heavy atom. The molecule has 0 fully saturated rings. The quantitative estimate of drug-likeness (QED) is 0.558. The topological polar surface area (TPSA) is 69.2 Å². The minimum atomic E-state index is -3.36. The molecule has 0 saturated heterocycles. The summed E-state index contributed by atoms with van der Waals surface area (Å²) in [7, 11) is -3.36. The van der Waals surface area contributed by atoms with Crippen molar-refractivity contribution in [3.8, 4) is 5.88 Å². The van der Waals surface area contributed by atoms with Gasteiger partial charge in [0.25, 0.3) is 0 Å². The highest BCUT2D eigenvalue weighted by atomic mass is 32.2. The molecular formula is C9H14N2O3S. The van der Waals surface area contributed by atoms with Gasteiger partial charge in [-0.05, 0) is 6.42 Å². The number of unbranched alkanes of at least 4 members (excludes halogenated alkanes) is 1. The fourth-order valence-electron chi connectivity index (χ4n) is 0.905. The lowest BCUT2D eigenvalue weighted by molar-refractivity contribution is 0.294. The third-order valence-corrected chi connectivity index (χ3v) is 2.55. The Kier molecular flexibility index (Phi) is 4.02. The smallest absolute Gasteiger partial charge is 0.250 e. The Morgan fingerprint density at radius 1 is 1.47 bits per heavy atom. The SMILES string of the molecule is CCCCOc1ccnc(S(C)(=O)=O)n1. The molecule has 0 bridgehead atoms. The summed E-state index contributed by atoms with van der Waals surface area (Å²) in [5.74, 6) is 0.305. The van der Waals surface area contributed by atoms with E-state index in [9.17, 15) is 8.42 Å². The number of rotatable bonds is 5. The molecular weight excluding hydrogens is 216 g/mol. The first-order valence-corrected chi connectivity index (χ1v) is 6.59. The molecule has 1 aromatic rings. The van der Waals surface area contributed by atoms with Gasteiger partial charge in [0.15, 0.2) is 0 Å². The van der Waals surface area contributed by atoms with E-state index in [4.69, 9.17) is 4.74 Å². The van der Waals surface area contributed by atoms with Gasteiger partial charge in [-0.2, -0.15) is 4.98 Å². The van der Waals surface area contributed by atoms with Crippen LogP contribution in [0.4, 0.5) is 0 Å². The number of sulfone groups is 1. The van der Waals surface area contributed by atoms with Gasteiger partial charge < -0.3 is 4.74 Å². The molecule has 0 aliphatic rings. The van der Waals surface area contributed by atoms with Crippen LogP contribution in [0.5, 0.6) is 5.88 Å². The molecule has 1 rings (SSSR count). The molecule has 84 valence electrons. The number of hydrogen-bond donors (Lipinski definition) is 0. The van der Waals surface area contributed by atoms with Gasteiger partial charge in [0.2, 0.25) is 20.9 Å². The molecule has 0 saturated carbocycles. The Balaban J connectivity index is 2.75. The van der Waals surface area contributed by atoms with Gasteiger partial charge in [-0.3, -0.25) is 0 Å². The molecule has 6 heteroatoms. The zero-order valence-electron chi connectivity index (χ0n) is 8.80. The van der Waals surface area contributed by atoms with Crippen molar-refractivity contribution in [1.82, 2.24) is 9.97 Å². The van der Waals surface area contributed by atoms with Gasteiger partial charge in [-0.1, -0.05) is 13.3 Å². The second kappa shape index (κ2) is 5.06. The minimum Gasteiger partial charge on any atom is -0.478 e. The second-order valence-corrected chi connectivity index (χ2v) is 5.06. The Morgan fingerprint density at radius 3 is 2.80 bits per heavy atom. The molecule has 15 heavy (non-hydrogen) atoms. The van der Waals surface area contributed by atoms with Crippen LogP contribution < -0.4 is 4.74 Å². The highest BCUT2D eigenvalue weighted by molar-refractivity contribution is 7.90. The fraction of sp³-hybridized carbons (Fsp3) is 0.556. The molecule has 0 amide bonds. The maximum atomic E-state index is 11.1. The average molecular weight is 230 g/mol. The Hall–Kier alpha value is -1.17. The van der Waals surface area contributed by atoms with Crippen LogP contribution in [0.15, 0.2) is 17.4 Å². The fourth-order valence-corrected chi connectivity index (χ4v) is 1.41. The van der Waals surface area contributed by atoms with E-state index in [0.29, 0.717) is 12.5 Å². The molecule has 0 aliphatic heterocycles. The lowest BCUT2D eigenvalue weighted by Gasteiger charge is -2.04. The molecule has 0 aromatic carbocycles. The molecule has 1 heterocycles. The minimum absolute atomic E-state index is 0.198. The van der Waals surface area contributed by atoms with Crippen molar-refractivity contribution >= 4 is 9.84 Å². The molecule has 5 nitrogen and oxygen atoms in total. The van der Waals surface area contributed by atoms with Crippen molar-refractivity contribution in [2.45, 2.75) is 24.9 Å². The van der Waals surface area contributed by atoms with Crippen molar-refractivity contribution in [2.24, 2.45) is 0 Å². The summed E-state index contributed by atoms with van der Waals surface area (Å²) < 4.78 is 27.5. The summed E-state index contributed by atoms with van der Waals surface area (Å²) in [5, 5.41) is -0.198. The third kappa shape index (κ3) is 3.83. The number of hydrogen-bond acceptors (Lipinski definition) is 5. The molecule has 0 unspecified atom stereocenters. The van der Waals surface area contributed by atoms with Crippen molar-refractivity contribution in [3.05, 3.63) is 12.3 Å². The number of ether oxygens (including phenoxy) is 1. The van der Waals surface area contributed by atoms with E-state index in [1.54, 1.807) is 6.07 Å². The molecule has 1 aromatic heterocycles. The molecule has 0 atom stereocenters. The van der Waals surface area contributed by atoms with Crippen LogP contribution in [0, 0.1) is 0 Å². The number of aromatic nitrogens is 2. The van der Waals surface area contributed by atoms with Crippen molar-refractivity contribution in [1.29, 1.82) is 0 Å². The van der Waals surface area contributed by atoms with Crippen LogP contribution in [0.1, 0.15) is 19.8 Å². The first-order chi connectivity index (χ1) is 7.04. The van der Waals surface area contributed by atoms with Crippen LogP contribution in [0.3, 0.4) is 0 Å². The standard InChI is InChI=1S/C9H14N2O3S/c1-3-4-7-14-8-5-6-10-9(11-8)15(2,12)13/h5-6H,3-4,7H2,1-2H3. The van der Waals surface area contributed by atoms with Gasteiger partial charge in [-0.25, -0.2) is 13.4 Å². The van der Waals surface area contributed by atoms with E-state index >= 15 is 0 Å². The lowest BCUT2D eigenvalue weighted by atomic mass is 10.4. The van der Waals surface area contributed by atoms with Crippen molar-refractivity contribution in [3.63, 3.8) is 0 Å². The lowest BCUT2D eigenvalue weighted by Crippen LogP contribution is -2.06. The monoisotopic (exact) mass is 230 g/mol. The maximum Gasteiger partial charge on any atom is 0.250 e. The summed E-state index contributed by atoms with van der Waals surface area (Å²) in [5.41, 5.74) is 0. The first kappa shape index (κ1) is 11.9. The highest BCUT2D eigenvalue weighted by Gasteiger charge is 2.11. The van der Waals surface area contributed by atoms with E-state index in [2.05, 4.69) is 9.97 Å². The predicted molar refractivity (Wildman–Crippen MR) is 55.5 cm³/mol. The van der Waals surface area contributed by atoms with Crippen LogP contribution in [0.2, 0.25) is 0 Å². The van der Waals surface area contributed by atoms with E-state index in [-0.39, 0.29) is 5.16 Å². The van der Waals surface area contributed by atoms with Gasteiger partial charge >= 0.3 is 0 Å². The van der Waals surface area contributed by atoms with Crippen LogP contribution >= 0.6 is 0 Å². The van der Waals surface area contributed by atoms with Crippen molar-refractivity contribution in [2.75, 3.05) is 12.9 Å². The summed E-state index contributed by atoms with van der Waals surface area (Å²) >= 11 is 0. The zero-order chi connectivity index (χ0) is 11.3. The Labute approximate surface area is 89.4 Å². The van der Waals surface area contributed by atoms with Crippen LogP contribution in [-0.2, 0) is 9.84 Å². The predicted octanol–water partition coefficient (Wildman–Crippen LogP) is 1.06. The van der Waals surface area contributed by atoms with Crippen LogP contribution in [0.25, 0.3) is 0 Å². The normalized spacial score (nSPS) is 11.3. The van der Waals surface area contributed by atoms with E-state index < -0.39 is 9.84 Å². The van der Waals surface area contributed by atoms with Crippen molar-refractivity contribution < 1.29 is 13.2 Å². The summed E-state index contributed by atoms with van der Waals surface area (Å²) in [6, 6.07) is 1.55. The van der Waals surface area contributed by atoms with Crippen LogP contribution in [-0.4, -0.2) is 31.2 Å². The van der Waals surface area contributed by atoms with Gasteiger partial charge in [0.05, 0.1) is 6.61 Å². The molecule has 0 N–H and O–H groups in total. The summed E-state index contributed by atoms with van der Waals surface area (Å²) in [4.78, 5) is 7.45. The highest BCUT2D eigenvalue weighted by Crippen LogP contribution is 2.09. The van der Waals surface area contributed by atoms with E-state index in [1.807, 2.05) is 6.92 Å². The zero-order valence-corrected chi connectivity index (χ0v) is 9.62. The molecule has 0 radical (unpaired) electrons. The average Bonchev–Trinajstić information content (AvgIpc) is 2.17. The molecule has 0 spiro atoms. The largest absolute Gasteiger partial charge is 0.478 e. The number of nitrogens with zero attached hydrogens (tertiary/aromatic N) is 2. The Bertz CT molecular complexity index is 417. The maximum absolute atomic E-state index is 11.1. The summed E-state index contributed by atoms with van der Waals surface area (Å²) in [6.07, 6.45) is 4.38. The van der Waals surface area contributed by atoms with E-state index in [1.165, 1.54) is 6.20 Å². The first-order valence-electron chi connectivity index (χ1n) is 4.70. The van der Waals surface area contributed by atoms with Gasteiger partial charge in [-0.15, -0.1) is 0 Å². The summed E-state index contributed by atoms with van der Waals surface area (Å²) in [6.45, 7) is 2.59. The molecule has 0 aliphatic carbocycles.